The Kier molecular flexibility index (Phi) is 2.29. The average Bonchev–Trinajstić information content (AvgIpc) is 2.59. The summed E-state index contributed by atoms with van der Waals surface area (Å²) in [5.41, 5.74) is 3.30. The van der Waals surface area contributed by atoms with Crippen molar-refractivity contribution in [1.82, 2.24) is 0 Å². The summed E-state index contributed by atoms with van der Waals surface area (Å²) in [7, 11) is 1.70. The number of allylic oxidation sites excluding steroid dienone is 2. The molecule has 0 amide bonds. The molecule has 0 unspecified atom stereocenters. The van der Waals surface area contributed by atoms with Gasteiger partial charge in [-0.1, -0.05) is 18.2 Å². The Bertz CT molecular complexity index is 629. The Hall–Kier alpha value is -1.96. The van der Waals surface area contributed by atoms with E-state index in [4.69, 9.17) is 9.15 Å². The van der Waals surface area contributed by atoms with Crippen LogP contribution in [-0.2, 0) is 11.2 Å². The zero-order chi connectivity index (χ0) is 11.8. The highest BCUT2D eigenvalue weighted by Gasteiger charge is 2.15. The van der Waals surface area contributed by atoms with Crippen LogP contribution in [0.1, 0.15) is 18.2 Å². The quantitative estimate of drug-likeness (QED) is 0.735. The molecule has 0 N–H and O–H groups in total. The summed E-state index contributed by atoms with van der Waals surface area (Å²) in [5, 5.41) is 1.19. The van der Waals surface area contributed by atoms with Gasteiger partial charge in [0.05, 0.1) is 7.11 Å². The topological polar surface area (TPSA) is 22.4 Å². The standard InChI is InChI=1S/C15H14O2/c1-10-9-15-12(7-8-13(10)16-2)11-5-3-4-6-14(11)17-15/h3-6,8-9H,7H2,1-2H3. The first-order valence-corrected chi connectivity index (χ1v) is 5.73. The van der Waals surface area contributed by atoms with E-state index in [-0.39, 0.29) is 0 Å². The van der Waals surface area contributed by atoms with E-state index in [1.54, 1.807) is 7.11 Å². The van der Waals surface area contributed by atoms with Gasteiger partial charge in [-0.15, -0.1) is 0 Å². The molecule has 1 aliphatic carbocycles. The van der Waals surface area contributed by atoms with Crippen molar-refractivity contribution in [2.75, 3.05) is 7.11 Å². The number of methoxy groups -OCH3 is 1. The summed E-state index contributed by atoms with van der Waals surface area (Å²) in [5.74, 6) is 1.88. The molecule has 0 atom stereocenters. The first-order valence-electron chi connectivity index (χ1n) is 5.73. The monoisotopic (exact) mass is 226 g/mol. The molecule has 0 bridgehead atoms. The number of hydrogen-bond donors (Lipinski definition) is 0. The van der Waals surface area contributed by atoms with Crippen LogP contribution in [-0.4, -0.2) is 7.11 Å². The molecule has 2 aromatic rings. The van der Waals surface area contributed by atoms with Crippen molar-refractivity contribution in [2.24, 2.45) is 0 Å². The van der Waals surface area contributed by atoms with Crippen LogP contribution < -0.4 is 0 Å². The molecule has 3 rings (SSSR count). The van der Waals surface area contributed by atoms with Crippen LogP contribution in [0.15, 0.2) is 46.1 Å². The summed E-state index contributed by atoms with van der Waals surface area (Å²) in [6.07, 6.45) is 5.01. The smallest absolute Gasteiger partial charge is 0.135 e. The molecule has 0 aliphatic heterocycles. The minimum atomic E-state index is 0.851. The fourth-order valence-corrected chi connectivity index (χ4v) is 2.31. The summed E-state index contributed by atoms with van der Waals surface area (Å²) >= 11 is 0. The number of rotatable bonds is 1. The Morgan fingerprint density at radius 2 is 2.06 bits per heavy atom. The average molecular weight is 226 g/mol. The van der Waals surface area contributed by atoms with Gasteiger partial charge in [0.25, 0.3) is 0 Å². The number of benzene rings is 1. The Labute approximate surface area is 100 Å². The molecule has 0 saturated carbocycles. The van der Waals surface area contributed by atoms with Crippen molar-refractivity contribution in [3.8, 4) is 0 Å². The van der Waals surface area contributed by atoms with Crippen molar-refractivity contribution in [2.45, 2.75) is 13.3 Å². The zero-order valence-corrected chi connectivity index (χ0v) is 9.99. The van der Waals surface area contributed by atoms with Gasteiger partial charge in [0.2, 0.25) is 0 Å². The lowest BCUT2D eigenvalue weighted by Gasteiger charge is -2.03. The maximum atomic E-state index is 5.87. The van der Waals surface area contributed by atoms with E-state index in [1.807, 2.05) is 25.1 Å². The predicted molar refractivity (Wildman–Crippen MR) is 68.7 cm³/mol. The van der Waals surface area contributed by atoms with E-state index >= 15 is 0 Å². The highest BCUT2D eigenvalue weighted by Crippen LogP contribution is 2.31. The molecular weight excluding hydrogens is 212 g/mol. The Balaban J connectivity index is 2.23. The highest BCUT2D eigenvalue weighted by atomic mass is 16.5. The molecule has 86 valence electrons. The number of fused-ring (bicyclic) bond motifs is 3. The summed E-state index contributed by atoms with van der Waals surface area (Å²) in [6.45, 7) is 2.04. The second-order valence-electron chi connectivity index (χ2n) is 4.24. The molecule has 0 fully saturated rings. The molecule has 0 saturated heterocycles. The third-order valence-electron chi connectivity index (χ3n) is 3.18. The molecule has 0 radical (unpaired) electrons. The van der Waals surface area contributed by atoms with Gasteiger partial charge in [-0.3, -0.25) is 0 Å². The molecule has 1 heterocycles. The fourth-order valence-electron chi connectivity index (χ4n) is 2.31. The lowest BCUT2D eigenvalue weighted by molar-refractivity contribution is 0.300. The largest absolute Gasteiger partial charge is 0.497 e. The molecule has 0 spiro atoms. The van der Waals surface area contributed by atoms with Gasteiger partial charge >= 0.3 is 0 Å². The SMILES string of the molecule is COC1=CCc2c(oc3ccccc23)C=C1C. The predicted octanol–water partition coefficient (Wildman–Crippen LogP) is 3.92. The molecule has 17 heavy (non-hydrogen) atoms. The van der Waals surface area contributed by atoms with Crippen molar-refractivity contribution < 1.29 is 9.15 Å². The van der Waals surface area contributed by atoms with Gasteiger partial charge in [-0.25, -0.2) is 0 Å². The lowest BCUT2D eigenvalue weighted by atomic mass is 10.1. The zero-order valence-electron chi connectivity index (χ0n) is 9.99. The summed E-state index contributed by atoms with van der Waals surface area (Å²) in [6, 6.07) is 8.15. The molecule has 1 aromatic heterocycles. The van der Waals surface area contributed by atoms with Crippen LogP contribution in [0.4, 0.5) is 0 Å². The normalized spacial score (nSPS) is 14.9. The van der Waals surface area contributed by atoms with Crippen LogP contribution in [0, 0.1) is 0 Å². The van der Waals surface area contributed by atoms with Crippen LogP contribution in [0.25, 0.3) is 17.0 Å². The molecule has 2 heteroatoms. The van der Waals surface area contributed by atoms with Gasteiger partial charge in [-0.2, -0.15) is 0 Å². The van der Waals surface area contributed by atoms with E-state index in [1.165, 1.54) is 10.9 Å². The first kappa shape index (κ1) is 10.2. The van der Waals surface area contributed by atoms with Crippen LogP contribution in [0.5, 0.6) is 0 Å². The second-order valence-corrected chi connectivity index (χ2v) is 4.24. The summed E-state index contributed by atoms with van der Waals surface area (Å²) in [4.78, 5) is 0. The Morgan fingerprint density at radius 1 is 1.24 bits per heavy atom. The van der Waals surface area contributed by atoms with Gasteiger partial charge in [0, 0.05) is 10.9 Å². The minimum Gasteiger partial charge on any atom is -0.497 e. The van der Waals surface area contributed by atoms with Crippen LogP contribution >= 0.6 is 0 Å². The van der Waals surface area contributed by atoms with Crippen LogP contribution in [0.3, 0.4) is 0 Å². The van der Waals surface area contributed by atoms with Gasteiger partial charge in [0.1, 0.15) is 17.1 Å². The Morgan fingerprint density at radius 3 is 2.88 bits per heavy atom. The van der Waals surface area contributed by atoms with Crippen molar-refractivity contribution in [3.63, 3.8) is 0 Å². The maximum absolute atomic E-state index is 5.87. The van der Waals surface area contributed by atoms with E-state index in [2.05, 4.69) is 18.2 Å². The highest BCUT2D eigenvalue weighted by molar-refractivity contribution is 5.85. The number of para-hydroxylation sites is 1. The molecule has 1 aromatic carbocycles. The first-order chi connectivity index (χ1) is 8.29. The second kappa shape index (κ2) is 3.81. The third-order valence-corrected chi connectivity index (χ3v) is 3.18. The lowest BCUT2D eigenvalue weighted by Crippen LogP contribution is -1.87. The molecular formula is C15H14O2. The number of ether oxygens (including phenoxy) is 1. The minimum absolute atomic E-state index is 0.851. The van der Waals surface area contributed by atoms with Crippen LogP contribution in [0.2, 0.25) is 0 Å². The third kappa shape index (κ3) is 1.57. The number of furan rings is 1. The van der Waals surface area contributed by atoms with Gasteiger partial charge < -0.3 is 9.15 Å². The maximum Gasteiger partial charge on any atom is 0.135 e. The molecule has 1 aliphatic rings. The van der Waals surface area contributed by atoms with Gasteiger partial charge in [-0.05, 0) is 37.1 Å². The number of hydrogen-bond acceptors (Lipinski definition) is 2. The molecule has 2 nitrogen and oxygen atoms in total. The van der Waals surface area contributed by atoms with Crippen molar-refractivity contribution >= 4 is 17.0 Å². The van der Waals surface area contributed by atoms with Gasteiger partial charge in [0.15, 0.2) is 0 Å². The fraction of sp³-hybridized carbons (Fsp3) is 0.200. The van der Waals surface area contributed by atoms with E-state index in [0.29, 0.717) is 0 Å². The van der Waals surface area contributed by atoms with Crippen molar-refractivity contribution in [1.29, 1.82) is 0 Å². The van der Waals surface area contributed by atoms with E-state index < -0.39 is 0 Å². The summed E-state index contributed by atoms with van der Waals surface area (Å²) < 4.78 is 11.2. The van der Waals surface area contributed by atoms with E-state index in [0.717, 1.165) is 29.1 Å². The van der Waals surface area contributed by atoms with E-state index in [9.17, 15) is 0 Å². The van der Waals surface area contributed by atoms with Crippen molar-refractivity contribution in [3.05, 3.63) is 53.0 Å².